The van der Waals surface area contributed by atoms with Crippen molar-refractivity contribution < 1.29 is 14.3 Å². The van der Waals surface area contributed by atoms with Crippen molar-refractivity contribution in [1.82, 2.24) is 10.6 Å². The fraction of sp³-hybridized carbons (Fsp3) is 0.263. The number of hydrogen-bond acceptors (Lipinski definition) is 3. The van der Waals surface area contributed by atoms with E-state index in [0.717, 1.165) is 6.42 Å². The number of carbonyl (C=O) groups is 2. The van der Waals surface area contributed by atoms with Crippen LogP contribution in [0.25, 0.3) is 0 Å². The van der Waals surface area contributed by atoms with Crippen LogP contribution in [0.5, 0.6) is 0 Å². The first-order valence-electron chi connectivity index (χ1n) is 7.90. The standard InChI is InChI=1S/C19H22N2O3/c1-24-13-12-21-19(23)17-9-5-8-16(14-17)18(22)20-11-10-15-6-3-2-4-7-15/h2-9,14H,10-13H2,1H3,(H,20,22)(H,21,23). The molecule has 0 spiro atoms. The number of benzene rings is 2. The summed E-state index contributed by atoms with van der Waals surface area (Å²) in [7, 11) is 1.58. The average molecular weight is 326 g/mol. The van der Waals surface area contributed by atoms with Crippen LogP contribution < -0.4 is 10.6 Å². The van der Waals surface area contributed by atoms with Crippen molar-refractivity contribution in [2.75, 3.05) is 26.8 Å². The fourth-order valence-corrected chi connectivity index (χ4v) is 2.24. The largest absolute Gasteiger partial charge is 0.383 e. The monoisotopic (exact) mass is 326 g/mol. The summed E-state index contributed by atoms with van der Waals surface area (Å²) in [4.78, 5) is 24.2. The van der Waals surface area contributed by atoms with E-state index in [1.165, 1.54) is 5.56 Å². The number of ether oxygens (including phenoxy) is 1. The number of amides is 2. The van der Waals surface area contributed by atoms with Gasteiger partial charge in [-0.25, -0.2) is 0 Å². The summed E-state index contributed by atoms with van der Waals surface area (Å²) in [5, 5.41) is 5.61. The third kappa shape index (κ3) is 5.52. The first-order chi connectivity index (χ1) is 11.7. The second-order valence-corrected chi connectivity index (χ2v) is 5.32. The van der Waals surface area contributed by atoms with E-state index in [-0.39, 0.29) is 11.8 Å². The first kappa shape index (κ1) is 17.7. The van der Waals surface area contributed by atoms with Crippen molar-refractivity contribution in [3.8, 4) is 0 Å². The smallest absolute Gasteiger partial charge is 0.251 e. The third-order valence-corrected chi connectivity index (χ3v) is 3.52. The second-order valence-electron chi connectivity index (χ2n) is 5.32. The molecule has 0 aliphatic carbocycles. The molecule has 0 aliphatic heterocycles. The SMILES string of the molecule is COCCNC(=O)c1cccc(C(=O)NCCc2ccccc2)c1. The highest BCUT2D eigenvalue weighted by atomic mass is 16.5. The number of hydrogen-bond donors (Lipinski definition) is 2. The van der Waals surface area contributed by atoms with E-state index in [0.29, 0.717) is 30.8 Å². The predicted octanol–water partition coefficient (Wildman–Crippen LogP) is 2.04. The Hall–Kier alpha value is -2.66. The molecule has 0 atom stereocenters. The molecule has 0 unspecified atom stereocenters. The zero-order valence-corrected chi connectivity index (χ0v) is 13.7. The average Bonchev–Trinajstić information content (AvgIpc) is 2.63. The molecule has 5 heteroatoms. The first-order valence-corrected chi connectivity index (χ1v) is 7.90. The topological polar surface area (TPSA) is 67.4 Å². The van der Waals surface area contributed by atoms with Gasteiger partial charge in [0.05, 0.1) is 6.61 Å². The summed E-state index contributed by atoms with van der Waals surface area (Å²) in [5.74, 6) is -0.400. The van der Waals surface area contributed by atoms with E-state index < -0.39 is 0 Å². The number of rotatable bonds is 8. The predicted molar refractivity (Wildman–Crippen MR) is 93.1 cm³/mol. The van der Waals surface area contributed by atoms with E-state index in [1.54, 1.807) is 31.4 Å². The summed E-state index contributed by atoms with van der Waals surface area (Å²) in [6.07, 6.45) is 0.768. The van der Waals surface area contributed by atoms with E-state index in [9.17, 15) is 9.59 Å². The molecule has 126 valence electrons. The molecular weight excluding hydrogens is 304 g/mol. The van der Waals surface area contributed by atoms with Crippen LogP contribution in [0.3, 0.4) is 0 Å². The Morgan fingerprint density at radius 1 is 0.875 bits per heavy atom. The molecule has 0 aliphatic rings. The molecule has 2 aromatic rings. The van der Waals surface area contributed by atoms with Crippen molar-refractivity contribution in [1.29, 1.82) is 0 Å². The van der Waals surface area contributed by atoms with Gasteiger partial charge in [0.25, 0.3) is 11.8 Å². The highest BCUT2D eigenvalue weighted by molar-refractivity contribution is 5.99. The molecule has 2 N–H and O–H groups in total. The maximum Gasteiger partial charge on any atom is 0.251 e. The summed E-state index contributed by atoms with van der Waals surface area (Å²) < 4.78 is 4.89. The van der Waals surface area contributed by atoms with Crippen LogP contribution in [0, 0.1) is 0 Å². The molecular formula is C19H22N2O3. The highest BCUT2D eigenvalue weighted by Crippen LogP contribution is 2.06. The maximum atomic E-state index is 12.2. The molecule has 0 saturated carbocycles. The van der Waals surface area contributed by atoms with Gasteiger partial charge in [-0.2, -0.15) is 0 Å². The second kappa shape index (κ2) is 9.47. The summed E-state index contributed by atoms with van der Waals surface area (Å²) in [6, 6.07) is 16.6. The van der Waals surface area contributed by atoms with E-state index >= 15 is 0 Å². The van der Waals surface area contributed by atoms with Crippen molar-refractivity contribution in [2.45, 2.75) is 6.42 Å². The Morgan fingerprint density at radius 3 is 2.12 bits per heavy atom. The molecule has 24 heavy (non-hydrogen) atoms. The van der Waals surface area contributed by atoms with Crippen LogP contribution in [0.2, 0.25) is 0 Å². The van der Waals surface area contributed by atoms with Gasteiger partial charge in [0, 0.05) is 31.3 Å². The van der Waals surface area contributed by atoms with Crippen LogP contribution >= 0.6 is 0 Å². The molecule has 2 aromatic carbocycles. The Balaban J connectivity index is 1.87. The molecule has 0 bridgehead atoms. The van der Waals surface area contributed by atoms with Crippen LogP contribution in [0.15, 0.2) is 54.6 Å². The number of carbonyl (C=O) groups excluding carboxylic acids is 2. The van der Waals surface area contributed by atoms with E-state index in [1.807, 2.05) is 30.3 Å². The number of nitrogens with one attached hydrogen (secondary N) is 2. The van der Waals surface area contributed by atoms with E-state index in [4.69, 9.17) is 4.74 Å². The minimum atomic E-state index is -0.217. The highest BCUT2D eigenvalue weighted by Gasteiger charge is 2.10. The van der Waals surface area contributed by atoms with Crippen molar-refractivity contribution >= 4 is 11.8 Å². The molecule has 2 rings (SSSR count). The van der Waals surface area contributed by atoms with Crippen molar-refractivity contribution in [3.05, 3.63) is 71.3 Å². The summed E-state index contributed by atoms with van der Waals surface area (Å²) in [6.45, 7) is 1.43. The van der Waals surface area contributed by atoms with Gasteiger partial charge in [0.15, 0.2) is 0 Å². The molecule has 5 nitrogen and oxygen atoms in total. The van der Waals surface area contributed by atoms with Gasteiger partial charge in [0.1, 0.15) is 0 Å². The minimum absolute atomic E-state index is 0.183. The van der Waals surface area contributed by atoms with Crippen molar-refractivity contribution in [2.24, 2.45) is 0 Å². The van der Waals surface area contributed by atoms with Gasteiger partial charge in [0.2, 0.25) is 0 Å². The fourth-order valence-electron chi connectivity index (χ4n) is 2.24. The van der Waals surface area contributed by atoms with Gasteiger partial charge < -0.3 is 15.4 Å². The lowest BCUT2D eigenvalue weighted by atomic mass is 10.1. The van der Waals surface area contributed by atoms with Gasteiger partial charge in [-0.05, 0) is 30.2 Å². The van der Waals surface area contributed by atoms with Gasteiger partial charge >= 0.3 is 0 Å². The molecule has 0 aromatic heterocycles. The molecule has 0 radical (unpaired) electrons. The molecule has 0 heterocycles. The van der Waals surface area contributed by atoms with Gasteiger partial charge in [-0.1, -0.05) is 36.4 Å². The van der Waals surface area contributed by atoms with Gasteiger partial charge in [-0.3, -0.25) is 9.59 Å². The lowest BCUT2D eigenvalue weighted by Crippen LogP contribution is -2.28. The Bertz CT molecular complexity index is 671. The molecule has 0 fully saturated rings. The lowest BCUT2D eigenvalue weighted by molar-refractivity contribution is 0.0937. The van der Waals surface area contributed by atoms with Crippen LogP contribution in [-0.2, 0) is 11.2 Å². The zero-order valence-electron chi connectivity index (χ0n) is 13.7. The van der Waals surface area contributed by atoms with Crippen LogP contribution in [0.4, 0.5) is 0 Å². The zero-order chi connectivity index (χ0) is 17.2. The Labute approximate surface area is 142 Å². The summed E-state index contributed by atoms with van der Waals surface area (Å²) in [5.41, 5.74) is 2.10. The normalized spacial score (nSPS) is 10.2. The Kier molecular flexibility index (Phi) is 6.98. The summed E-state index contributed by atoms with van der Waals surface area (Å²) >= 11 is 0. The van der Waals surface area contributed by atoms with E-state index in [2.05, 4.69) is 10.6 Å². The van der Waals surface area contributed by atoms with Gasteiger partial charge in [-0.15, -0.1) is 0 Å². The minimum Gasteiger partial charge on any atom is -0.383 e. The Morgan fingerprint density at radius 2 is 1.50 bits per heavy atom. The lowest BCUT2D eigenvalue weighted by Gasteiger charge is -2.08. The quantitative estimate of drug-likeness (QED) is 0.730. The third-order valence-electron chi connectivity index (χ3n) is 3.52. The number of methoxy groups -OCH3 is 1. The van der Waals surface area contributed by atoms with Crippen LogP contribution in [-0.4, -0.2) is 38.6 Å². The maximum absolute atomic E-state index is 12.2. The van der Waals surface area contributed by atoms with Crippen LogP contribution in [0.1, 0.15) is 26.3 Å². The van der Waals surface area contributed by atoms with Crippen molar-refractivity contribution in [3.63, 3.8) is 0 Å². The molecule has 2 amide bonds. The molecule has 0 saturated heterocycles.